The first kappa shape index (κ1) is 17.5. The number of rotatable bonds is 6. The number of para-hydroxylation sites is 1. The summed E-state index contributed by atoms with van der Waals surface area (Å²) in [6.45, 7) is 4.59. The van der Waals surface area contributed by atoms with E-state index >= 15 is 0 Å². The molecule has 0 aromatic heterocycles. The van der Waals surface area contributed by atoms with Crippen molar-refractivity contribution in [3.63, 3.8) is 0 Å². The molecule has 1 aliphatic rings. The molecule has 25 heavy (non-hydrogen) atoms. The van der Waals surface area contributed by atoms with Gasteiger partial charge in [0.25, 0.3) is 0 Å². The van der Waals surface area contributed by atoms with E-state index in [0.717, 1.165) is 31.7 Å². The molecular formula is C21H26N2O2. The van der Waals surface area contributed by atoms with Gasteiger partial charge < -0.3 is 15.3 Å². The van der Waals surface area contributed by atoms with E-state index in [0.29, 0.717) is 6.42 Å². The molecule has 0 aliphatic carbocycles. The van der Waals surface area contributed by atoms with Gasteiger partial charge in [-0.25, -0.2) is 4.79 Å². The monoisotopic (exact) mass is 338 g/mol. The number of carboxylic acid groups (broad SMARTS) is 1. The first-order valence-electron chi connectivity index (χ1n) is 8.93. The van der Waals surface area contributed by atoms with E-state index in [4.69, 9.17) is 0 Å². The smallest absolute Gasteiger partial charge is 0.329 e. The van der Waals surface area contributed by atoms with Crippen LogP contribution in [0.25, 0.3) is 0 Å². The van der Waals surface area contributed by atoms with Gasteiger partial charge in [0.1, 0.15) is 5.54 Å². The minimum Gasteiger partial charge on any atom is -0.479 e. The molecule has 1 aliphatic heterocycles. The summed E-state index contributed by atoms with van der Waals surface area (Å²) >= 11 is 0. The van der Waals surface area contributed by atoms with Crippen molar-refractivity contribution in [1.82, 2.24) is 4.90 Å². The van der Waals surface area contributed by atoms with Crippen LogP contribution in [0.4, 0.5) is 5.69 Å². The molecule has 0 saturated carbocycles. The van der Waals surface area contributed by atoms with Crippen LogP contribution in [-0.2, 0) is 11.2 Å². The maximum Gasteiger partial charge on any atom is 0.329 e. The Hall–Kier alpha value is -2.33. The molecule has 2 aromatic carbocycles. The lowest BCUT2D eigenvalue weighted by molar-refractivity contribution is -0.146. The lowest BCUT2D eigenvalue weighted by Gasteiger charge is -2.44. The first-order valence-corrected chi connectivity index (χ1v) is 8.93. The Kier molecular flexibility index (Phi) is 5.39. The predicted molar refractivity (Wildman–Crippen MR) is 101 cm³/mol. The summed E-state index contributed by atoms with van der Waals surface area (Å²) in [5.41, 5.74) is 1.30. The zero-order valence-electron chi connectivity index (χ0n) is 14.7. The largest absolute Gasteiger partial charge is 0.479 e. The number of piperidine rings is 1. The van der Waals surface area contributed by atoms with Crippen LogP contribution in [0.1, 0.15) is 18.9 Å². The van der Waals surface area contributed by atoms with Gasteiger partial charge in [-0.2, -0.15) is 0 Å². The highest BCUT2D eigenvalue weighted by Gasteiger charge is 2.47. The third-order valence-corrected chi connectivity index (χ3v) is 5.28. The average Bonchev–Trinajstić information content (AvgIpc) is 2.63. The summed E-state index contributed by atoms with van der Waals surface area (Å²) in [5, 5.41) is 13.2. The Morgan fingerprint density at radius 1 is 1.16 bits per heavy atom. The van der Waals surface area contributed by atoms with E-state index < -0.39 is 11.5 Å². The highest BCUT2D eigenvalue weighted by molar-refractivity contribution is 5.83. The van der Waals surface area contributed by atoms with E-state index in [2.05, 4.69) is 34.5 Å². The van der Waals surface area contributed by atoms with Crippen LogP contribution >= 0.6 is 0 Å². The quantitative estimate of drug-likeness (QED) is 0.846. The predicted octanol–water partition coefficient (Wildman–Crippen LogP) is 3.51. The zero-order valence-corrected chi connectivity index (χ0v) is 14.7. The van der Waals surface area contributed by atoms with Crippen LogP contribution in [0, 0.1) is 5.92 Å². The number of benzene rings is 2. The molecule has 3 rings (SSSR count). The molecule has 2 unspecified atom stereocenters. The van der Waals surface area contributed by atoms with Gasteiger partial charge in [0.2, 0.25) is 0 Å². The van der Waals surface area contributed by atoms with E-state index in [1.54, 1.807) is 0 Å². The second-order valence-corrected chi connectivity index (χ2v) is 6.95. The topological polar surface area (TPSA) is 52.6 Å². The molecule has 2 aromatic rings. The number of carbonyl (C=O) groups is 1. The fraction of sp³-hybridized carbons (Fsp3) is 0.381. The van der Waals surface area contributed by atoms with Gasteiger partial charge in [0.15, 0.2) is 0 Å². The number of anilines is 1. The van der Waals surface area contributed by atoms with E-state index in [1.807, 2.05) is 43.3 Å². The minimum atomic E-state index is -0.898. The molecule has 4 heteroatoms. The highest BCUT2D eigenvalue weighted by Crippen LogP contribution is 2.32. The Morgan fingerprint density at radius 2 is 1.80 bits per heavy atom. The molecule has 132 valence electrons. The summed E-state index contributed by atoms with van der Waals surface area (Å²) in [5.74, 6) is -0.735. The fourth-order valence-corrected chi connectivity index (χ4v) is 3.69. The van der Waals surface area contributed by atoms with Gasteiger partial charge in [0.05, 0.1) is 0 Å². The fourth-order valence-electron chi connectivity index (χ4n) is 3.69. The number of nitrogens with one attached hydrogen (secondary N) is 1. The molecule has 1 saturated heterocycles. The Balaban J connectivity index is 1.65. The molecule has 0 bridgehead atoms. The average molecular weight is 338 g/mol. The van der Waals surface area contributed by atoms with Crippen molar-refractivity contribution in [3.05, 3.63) is 66.2 Å². The number of carboxylic acids is 1. The molecule has 2 N–H and O–H groups in total. The zero-order chi connectivity index (χ0) is 17.7. The summed E-state index contributed by atoms with van der Waals surface area (Å²) in [4.78, 5) is 14.5. The lowest BCUT2D eigenvalue weighted by atomic mass is 9.78. The summed E-state index contributed by atoms with van der Waals surface area (Å²) in [6, 6.07) is 20.1. The lowest BCUT2D eigenvalue weighted by Crippen LogP contribution is -2.60. The van der Waals surface area contributed by atoms with Gasteiger partial charge in [-0.15, -0.1) is 0 Å². The maximum atomic E-state index is 12.1. The molecule has 0 radical (unpaired) electrons. The third-order valence-electron chi connectivity index (χ3n) is 5.28. The van der Waals surface area contributed by atoms with E-state index in [-0.39, 0.29) is 5.92 Å². The molecule has 2 atom stereocenters. The summed E-state index contributed by atoms with van der Waals surface area (Å²) in [6.07, 6.45) is 1.60. The van der Waals surface area contributed by atoms with Crippen LogP contribution in [-0.4, -0.2) is 41.1 Å². The SMILES string of the molecule is CC1CN(CCc2ccccc2)CCC1(Nc1ccccc1)C(=O)O. The molecule has 1 fully saturated rings. The number of aliphatic carboxylic acids is 1. The van der Waals surface area contributed by atoms with Crippen molar-refractivity contribution in [2.24, 2.45) is 5.92 Å². The van der Waals surface area contributed by atoms with Crippen LogP contribution in [0.2, 0.25) is 0 Å². The second-order valence-electron chi connectivity index (χ2n) is 6.95. The van der Waals surface area contributed by atoms with Gasteiger partial charge in [-0.3, -0.25) is 0 Å². The minimum absolute atomic E-state index is 0.0229. The first-order chi connectivity index (χ1) is 12.1. The van der Waals surface area contributed by atoms with Crippen molar-refractivity contribution in [2.45, 2.75) is 25.3 Å². The van der Waals surface area contributed by atoms with E-state index in [1.165, 1.54) is 5.56 Å². The second kappa shape index (κ2) is 7.70. The number of likely N-dealkylation sites (tertiary alicyclic amines) is 1. The third kappa shape index (κ3) is 4.02. The number of hydrogen-bond donors (Lipinski definition) is 2. The van der Waals surface area contributed by atoms with Gasteiger partial charge in [0, 0.05) is 31.2 Å². The van der Waals surface area contributed by atoms with Crippen molar-refractivity contribution in [3.8, 4) is 0 Å². The van der Waals surface area contributed by atoms with Crippen molar-refractivity contribution in [1.29, 1.82) is 0 Å². The Labute approximate surface area is 149 Å². The molecule has 0 spiro atoms. The van der Waals surface area contributed by atoms with Crippen LogP contribution in [0.3, 0.4) is 0 Å². The maximum absolute atomic E-state index is 12.1. The van der Waals surface area contributed by atoms with Crippen LogP contribution < -0.4 is 5.32 Å². The van der Waals surface area contributed by atoms with Crippen molar-refractivity contribution < 1.29 is 9.90 Å². The van der Waals surface area contributed by atoms with Crippen molar-refractivity contribution in [2.75, 3.05) is 25.0 Å². The molecular weight excluding hydrogens is 312 g/mol. The standard InChI is InChI=1S/C21H26N2O2/c1-17-16-23(14-12-18-8-4-2-5-9-18)15-13-21(17,20(24)25)22-19-10-6-3-7-11-19/h2-11,17,22H,12-16H2,1H3,(H,24,25). The summed E-state index contributed by atoms with van der Waals surface area (Å²) < 4.78 is 0. The van der Waals surface area contributed by atoms with Crippen LogP contribution in [0.15, 0.2) is 60.7 Å². The number of hydrogen-bond acceptors (Lipinski definition) is 3. The molecule has 4 nitrogen and oxygen atoms in total. The molecule has 1 heterocycles. The summed E-state index contributed by atoms with van der Waals surface area (Å²) in [7, 11) is 0. The van der Waals surface area contributed by atoms with Gasteiger partial charge in [-0.1, -0.05) is 55.5 Å². The molecule has 0 amide bonds. The Bertz CT molecular complexity index is 690. The normalized spacial score (nSPS) is 24.0. The van der Waals surface area contributed by atoms with Gasteiger partial charge in [-0.05, 0) is 30.5 Å². The highest BCUT2D eigenvalue weighted by atomic mass is 16.4. The van der Waals surface area contributed by atoms with E-state index in [9.17, 15) is 9.90 Å². The van der Waals surface area contributed by atoms with Crippen LogP contribution in [0.5, 0.6) is 0 Å². The van der Waals surface area contributed by atoms with Gasteiger partial charge >= 0.3 is 5.97 Å². The number of nitrogens with zero attached hydrogens (tertiary/aromatic N) is 1. The Morgan fingerprint density at radius 3 is 2.40 bits per heavy atom. The van der Waals surface area contributed by atoms with Crippen molar-refractivity contribution >= 4 is 11.7 Å².